The van der Waals surface area contributed by atoms with E-state index < -0.39 is 33.4 Å². The second-order valence-electron chi connectivity index (χ2n) is 10.2. The molecule has 1 unspecified atom stereocenters. The molecule has 1 fully saturated rings. The van der Waals surface area contributed by atoms with Crippen LogP contribution in [0.3, 0.4) is 0 Å². The second kappa shape index (κ2) is 13.5. The molecule has 0 radical (unpaired) electrons. The number of aryl methyl sites for hydroxylation is 1. The van der Waals surface area contributed by atoms with E-state index >= 15 is 4.39 Å². The average Bonchev–Trinajstić information content (AvgIpc) is 3.65. The Morgan fingerprint density at radius 2 is 1.87 bits per heavy atom. The smallest absolute Gasteiger partial charge is 0.578 e. The van der Waals surface area contributed by atoms with Gasteiger partial charge in [0.15, 0.2) is 15.9 Å². The van der Waals surface area contributed by atoms with E-state index in [4.69, 9.17) is 0 Å². The molecule has 3 aromatic carbocycles. The van der Waals surface area contributed by atoms with E-state index in [1.165, 1.54) is 40.2 Å². The predicted octanol–water partition coefficient (Wildman–Crippen LogP) is 6.39. The van der Waals surface area contributed by atoms with Crippen molar-refractivity contribution >= 4 is 57.1 Å². The zero-order valence-corrected chi connectivity index (χ0v) is 26.3. The number of urea groups is 1. The van der Waals surface area contributed by atoms with Crippen LogP contribution in [0.25, 0.3) is 17.1 Å². The maximum Gasteiger partial charge on any atom is 0.578 e. The highest BCUT2D eigenvalue weighted by molar-refractivity contribution is 8.15. The number of hydrogen-bond donors (Lipinski definition) is 1. The molecule has 1 N–H and O–H groups in total. The summed E-state index contributed by atoms with van der Waals surface area (Å²) in [4.78, 5) is 36.9. The lowest BCUT2D eigenvalue weighted by molar-refractivity contribution is -0.115. The Bertz CT molecular complexity index is 1800. The minimum Gasteiger partial charge on any atom is -0.604 e. The average molecular weight is 674 g/mol. The lowest BCUT2D eigenvalue weighted by atomic mass is 10.1. The van der Waals surface area contributed by atoms with Crippen LogP contribution in [0.2, 0.25) is 0 Å². The Labute approximate surface area is 268 Å². The van der Waals surface area contributed by atoms with E-state index in [-0.39, 0.29) is 33.9 Å². The molecular formula is C30H27F4N7O3S2. The lowest BCUT2D eigenvalue weighted by Crippen LogP contribution is -2.31. The minimum absolute atomic E-state index is 0.101. The van der Waals surface area contributed by atoms with Gasteiger partial charge in [-0.15, -0.1) is 18.3 Å². The van der Waals surface area contributed by atoms with E-state index in [9.17, 15) is 27.3 Å². The molecule has 0 saturated carbocycles. The summed E-state index contributed by atoms with van der Waals surface area (Å²) in [5, 5.41) is 6.84. The van der Waals surface area contributed by atoms with Gasteiger partial charge in [0.2, 0.25) is 5.91 Å². The Morgan fingerprint density at radius 3 is 2.52 bits per heavy atom. The van der Waals surface area contributed by atoms with Crippen LogP contribution in [0.5, 0.6) is 0 Å². The number of nitrogens with one attached hydrogen (secondary N) is 1. The SMILES string of the molecule is CCCc1ccc(N(C)C)cc1N1C(=O)CS/C1=N\C(=O)Nc1ccc(-c2ncn(-c3ccc([S+]([O-])C(F)(F)F)cc3)n2)cc1F. The van der Waals surface area contributed by atoms with E-state index in [2.05, 4.69) is 20.4 Å². The van der Waals surface area contributed by atoms with Crippen LogP contribution in [0.4, 0.5) is 39.4 Å². The van der Waals surface area contributed by atoms with Crippen LogP contribution in [-0.4, -0.2) is 61.8 Å². The number of hydrogen-bond acceptors (Lipinski definition) is 7. The number of amides is 3. The normalized spacial score (nSPS) is 15.0. The Morgan fingerprint density at radius 1 is 1.13 bits per heavy atom. The standard InChI is InChI=1S/C30H27F4N7O3S2/c1-4-5-18-6-8-21(39(2)3)15-25(18)41-26(42)16-45-29(41)37-28(43)36-24-13-7-19(14-23(24)31)27-35-17-40(38-27)20-9-11-22(12-10-20)46(44)30(32,33)34/h6-15,17H,4-5,16H2,1-3H3,(H,36,43)/b37-29-. The topological polar surface area (TPSA) is 119 Å². The molecule has 16 heteroatoms. The van der Waals surface area contributed by atoms with Crippen LogP contribution in [0.1, 0.15) is 18.9 Å². The van der Waals surface area contributed by atoms with Gasteiger partial charge in [-0.25, -0.2) is 18.9 Å². The number of benzene rings is 3. The zero-order chi connectivity index (χ0) is 33.2. The van der Waals surface area contributed by atoms with Crippen LogP contribution >= 0.6 is 11.8 Å². The molecule has 10 nitrogen and oxygen atoms in total. The van der Waals surface area contributed by atoms with Crippen LogP contribution < -0.4 is 15.1 Å². The quantitative estimate of drug-likeness (QED) is 0.170. The van der Waals surface area contributed by atoms with E-state index in [1.54, 1.807) is 0 Å². The monoisotopic (exact) mass is 673 g/mol. The number of amidine groups is 1. The molecule has 4 aromatic rings. The molecule has 1 saturated heterocycles. The molecule has 0 aliphatic carbocycles. The molecule has 0 spiro atoms. The number of aromatic nitrogens is 3. The van der Waals surface area contributed by atoms with Crippen molar-refractivity contribution in [3.63, 3.8) is 0 Å². The number of anilines is 3. The summed E-state index contributed by atoms with van der Waals surface area (Å²) in [7, 11) is 3.77. The molecule has 1 aliphatic rings. The number of nitrogens with zero attached hydrogens (tertiary/aromatic N) is 6. The minimum atomic E-state index is -4.88. The van der Waals surface area contributed by atoms with Gasteiger partial charge in [-0.05, 0) is 66.6 Å². The van der Waals surface area contributed by atoms with Gasteiger partial charge < -0.3 is 14.8 Å². The van der Waals surface area contributed by atoms with Crippen molar-refractivity contribution in [2.24, 2.45) is 4.99 Å². The fourth-order valence-electron chi connectivity index (χ4n) is 4.56. The van der Waals surface area contributed by atoms with E-state index in [0.29, 0.717) is 11.4 Å². The largest absolute Gasteiger partial charge is 0.604 e. The van der Waals surface area contributed by atoms with Crippen LogP contribution in [-0.2, 0) is 22.4 Å². The summed E-state index contributed by atoms with van der Waals surface area (Å²) in [6.45, 7) is 2.03. The number of carbonyl (C=O) groups is 2. The molecule has 1 aliphatic heterocycles. The van der Waals surface area contributed by atoms with Gasteiger partial charge in [0, 0.05) is 25.3 Å². The number of halogens is 4. The van der Waals surface area contributed by atoms with Crippen molar-refractivity contribution in [1.29, 1.82) is 0 Å². The van der Waals surface area contributed by atoms with Gasteiger partial charge in [0.05, 0.1) is 34.0 Å². The molecule has 46 heavy (non-hydrogen) atoms. The third-order valence-corrected chi connectivity index (χ3v) is 8.84. The first-order valence-electron chi connectivity index (χ1n) is 13.8. The maximum atomic E-state index is 15.1. The Balaban J connectivity index is 1.32. The number of aliphatic imine (C=N–C) groups is 1. The van der Waals surface area contributed by atoms with Crippen molar-refractivity contribution in [1.82, 2.24) is 14.8 Å². The Hall–Kier alpha value is -4.41. The number of thioether (sulfide) groups is 1. The van der Waals surface area contributed by atoms with Gasteiger partial charge >= 0.3 is 11.5 Å². The first-order chi connectivity index (χ1) is 21.8. The highest BCUT2D eigenvalue weighted by Crippen LogP contribution is 2.34. The molecule has 5 rings (SSSR count). The van der Waals surface area contributed by atoms with Crippen LogP contribution in [0, 0.1) is 5.82 Å². The van der Waals surface area contributed by atoms with Gasteiger partial charge in [-0.1, -0.05) is 31.2 Å². The van der Waals surface area contributed by atoms with Gasteiger partial charge in [-0.2, -0.15) is 4.99 Å². The summed E-state index contributed by atoms with van der Waals surface area (Å²) in [6.07, 6.45) is 2.86. The van der Waals surface area contributed by atoms with Gasteiger partial charge in [0.1, 0.15) is 12.1 Å². The second-order valence-corrected chi connectivity index (χ2v) is 12.6. The lowest BCUT2D eigenvalue weighted by Gasteiger charge is -2.22. The zero-order valence-electron chi connectivity index (χ0n) is 24.7. The first kappa shape index (κ1) is 33.0. The molecule has 1 aromatic heterocycles. The third kappa shape index (κ3) is 7.18. The number of carbonyl (C=O) groups excluding carboxylic acids is 2. The molecule has 1 atom stereocenters. The summed E-state index contributed by atoms with van der Waals surface area (Å²) < 4.78 is 66.1. The maximum absolute atomic E-state index is 15.1. The Kier molecular flexibility index (Phi) is 9.69. The van der Waals surface area contributed by atoms with Crippen molar-refractivity contribution < 1.29 is 31.7 Å². The van der Waals surface area contributed by atoms with Gasteiger partial charge in [0.25, 0.3) is 0 Å². The summed E-state index contributed by atoms with van der Waals surface area (Å²) in [6, 6.07) is 13.6. The fourth-order valence-corrected chi connectivity index (χ4v) is 6.07. The molecule has 3 amide bonds. The van der Waals surface area contributed by atoms with E-state index in [1.807, 2.05) is 44.1 Å². The molecule has 240 valence electrons. The summed E-state index contributed by atoms with van der Waals surface area (Å²) in [5.41, 5.74) is -1.97. The highest BCUT2D eigenvalue weighted by atomic mass is 32.2. The summed E-state index contributed by atoms with van der Waals surface area (Å²) in [5.74, 6) is -0.805. The summed E-state index contributed by atoms with van der Waals surface area (Å²) >= 11 is -2.05. The molecule has 2 heterocycles. The van der Waals surface area contributed by atoms with Crippen molar-refractivity contribution in [2.75, 3.05) is 35.0 Å². The first-order valence-corrected chi connectivity index (χ1v) is 16.0. The third-order valence-electron chi connectivity index (χ3n) is 6.79. The van der Waals surface area contributed by atoms with Crippen molar-refractivity contribution in [3.8, 4) is 17.1 Å². The highest BCUT2D eigenvalue weighted by Gasteiger charge is 2.46. The predicted molar refractivity (Wildman–Crippen MR) is 170 cm³/mol. The van der Waals surface area contributed by atoms with E-state index in [0.717, 1.165) is 54.1 Å². The number of alkyl halides is 3. The van der Waals surface area contributed by atoms with Gasteiger partial charge in [-0.3, -0.25) is 9.69 Å². The number of rotatable bonds is 8. The van der Waals surface area contributed by atoms with Crippen molar-refractivity contribution in [3.05, 3.63) is 78.4 Å². The molecule has 0 bridgehead atoms. The molecular weight excluding hydrogens is 647 g/mol. The van der Waals surface area contributed by atoms with Crippen molar-refractivity contribution in [2.45, 2.75) is 30.2 Å². The van der Waals surface area contributed by atoms with Crippen LogP contribution in [0.15, 0.2) is 76.9 Å². The fraction of sp³-hybridized carbons (Fsp3) is 0.233.